The number of thiazole rings is 1. The van der Waals surface area contributed by atoms with Gasteiger partial charge in [-0.2, -0.15) is 5.26 Å². The van der Waals surface area contributed by atoms with Crippen molar-refractivity contribution in [1.82, 2.24) is 9.97 Å². The van der Waals surface area contributed by atoms with Gasteiger partial charge in [-0.25, -0.2) is 9.97 Å². The molecule has 1 N–H and O–H groups in total. The number of halogens is 1. The Bertz CT molecular complexity index is 1380. The maximum absolute atomic E-state index is 9.90. The summed E-state index contributed by atoms with van der Waals surface area (Å²) in [5.41, 5.74) is 4.20. The van der Waals surface area contributed by atoms with Crippen LogP contribution in [0.2, 0.25) is 5.02 Å². The number of anilines is 1. The molecule has 0 unspecified atom stereocenters. The number of pyridine rings is 1. The Morgan fingerprint density at radius 2 is 1.88 bits per heavy atom. The summed E-state index contributed by atoms with van der Waals surface area (Å²) in [5.74, 6) is 2.62. The molecule has 0 bridgehead atoms. The fourth-order valence-electron chi connectivity index (χ4n) is 3.54. The van der Waals surface area contributed by atoms with Crippen molar-refractivity contribution in [3.05, 3.63) is 70.2 Å². The van der Waals surface area contributed by atoms with Crippen LogP contribution in [0.25, 0.3) is 21.7 Å². The van der Waals surface area contributed by atoms with Crippen LogP contribution in [0.3, 0.4) is 0 Å². The maximum Gasteiger partial charge on any atom is 0.231 e. The summed E-state index contributed by atoms with van der Waals surface area (Å²) in [6, 6.07) is 17.7. The van der Waals surface area contributed by atoms with E-state index >= 15 is 0 Å². The van der Waals surface area contributed by atoms with E-state index in [1.54, 1.807) is 23.1 Å². The molecule has 1 aliphatic heterocycles. The van der Waals surface area contributed by atoms with E-state index < -0.39 is 0 Å². The summed E-state index contributed by atoms with van der Waals surface area (Å²) in [7, 11) is 0. The third-order valence-corrected chi connectivity index (χ3v) is 7.28. The molecule has 170 valence electrons. The van der Waals surface area contributed by atoms with Crippen molar-refractivity contribution in [2.24, 2.45) is 0 Å². The number of thioether (sulfide) groups is 1. The number of rotatable bonds is 7. The minimum atomic E-state index is 0.204. The first-order chi connectivity index (χ1) is 16.6. The molecule has 0 saturated heterocycles. The Labute approximate surface area is 210 Å². The second-order valence-corrected chi connectivity index (χ2v) is 9.67. The molecule has 0 saturated carbocycles. The molecule has 0 radical (unpaired) electrons. The fraction of sp³-hybridized carbons (Fsp3) is 0.160. The van der Waals surface area contributed by atoms with E-state index in [1.165, 1.54) is 0 Å². The van der Waals surface area contributed by atoms with Crippen molar-refractivity contribution in [3.8, 4) is 39.3 Å². The van der Waals surface area contributed by atoms with E-state index in [2.05, 4.69) is 16.8 Å². The van der Waals surface area contributed by atoms with E-state index in [-0.39, 0.29) is 6.79 Å². The predicted molar refractivity (Wildman–Crippen MR) is 137 cm³/mol. The third-order valence-electron chi connectivity index (χ3n) is 5.15. The molecular formula is C25H19ClN4O2S2. The van der Waals surface area contributed by atoms with Crippen LogP contribution in [-0.2, 0) is 5.75 Å². The number of aromatic nitrogens is 2. The van der Waals surface area contributed by atoms with Crippen LogP contribution in [0.5, 0.6) is 11.5 Å². The minimum Gasteiger partial charge on any atom is -0.454 e. The van der Waals surface area contributed by atoms with Crippen LogP contribution in [0.1, 0.15) is 18.2 Å². The van der Waals surface area contributed by atoms with Crippen LogP contribution in [0.15, 0.2) is 58.9 Å². The lowest BCUT2D eigenvalue weighted by molar-refractivity contribution is 0.174. The minimum absolute atomic E-state index is 0.204. The highest BCUT2D eigenvalue weighted by Crippen LogP contribution is 2.39. The molecule has 0 atom stereocenters. The van der Waals surface area contributed by atoms with E-state index in [1.807, 2.05) is 55.5 Å². The van der Waals surface area contributed by atoms with Crippen molar-refractivity contribution < 1.29 is 9.47 Å². The Hall–Kier alpha value is -3.25. The third kappa shape index (κ3) is 4.68. The van der Waals surface area contributed by atoms with Crippen molar-refractivity contribution in [2.45, 2.75) is 17.7 Å². The maximum atomic E-state index is 9.90. The zero-order valence-electron chi connectivity index (χ0n) is 18.2. The lowest BCUT2D eigenvalue weighted by Gasteiger charge is -2.13. The molecular weight excluding hydrogens is 488 g/mol. The summed E-state index contributed by atoms with van der Waals surface area (Å²) in [4.78, 5) is 9.48. The molecule has 1 aliphatic rings. The van der Waals surface area contributed by atoms with Gasteiger partial charge in [0.25, 0.3) is 0 Å². The van der Waals surface area contributed by atoms with Crippen LogP contribution < -0.4 is 14.8 Å². The van der Waals surface area contributed by atoms with Gasteiger partial charge in [-0.15, -0.1) is 11.3 Å². The van der Waals surface area contributed by atoms with Crippen LogP contribution in [0.4, 0.5) is 5.82 Å². The zero-order chi connectivity index (χ0) is 23.5. The highest BCUT2D eigenvalue weighted by atomic mass is 35.5. The van der Waals surface area contributed by atoms with Gasteiger partial charge in [0, 0.05) is 33.8 Å². The standard InChI is InChI=1S/C25H19ClN4O2S2/c1-2-28-24-20(11-27)19(16-5-8-21-22(9-16)32-14-31-21)10-23(30-24)33-12-18-13-34-25(29-18)15-3-6-17(26)7-4-15/h3-10,13H,2,12,14H2,1H3,(H,28,30). The number of nitrogens with zero attached hydrogens (tertiary/aromatic N) is 3. The van der Waals surface area contributed by atoms with Gasteiger partial charge in [0.15, 0.2) is 11.5 Å². The average Bonchev–Trinajstić information content (AvgIpc) is 3.52. The molecule has 4 aromatic rings. The molecule has 5 rings (SSSR count). The lowest BCUT2D eigenvalue weighted by Crippen LogP contribution is -2.04. The van der Waals surface area contributed by atoms with E-state index in [0.29, 0.717) is 40.2 Å². The number of ether oxygens (including phenoxy) is 2. The smallest absolute Gasteiger partial charge is 0.231 e. The molecule has 6 nitrogen and oxygen atoms in total. The summed E-state index contributed by atoms with van der Waals surface area (Å²) in [5, 5.41) is 17.7. The number of nitriles is 1. The molecule has 2 aromatic carbocycles. The highest BCUT2D eigenvalue weighted by molar-refractivity contribution is 7.98. The first-order valence-electron chi connectivity index (χ1n) is 10.6. The van der Waals surface area contributed by atoms with E-state index in [9.17, 15) is 5.26 Å². The zero-order valence-corrected chi connectivity index (χ0v) is 20.6. The van der Waals surface area contributed by atoms with Gasteiger partial charge in [-0.3, -0.25) is 0 Å². The van der Waals surface area contributed by atoms with Crippen LogP contribution in [-0.4, -0.2) is 23.3 Å². The van der Waals surface area contributed by atoms with Gasteiger partial charge < -0.3 is 14.8 Å². The Morgan fingerprint density at radius 3 is 2.68 bits per heavy atom. The van der Waals surface area contributed by atoms with E-state index in [0.717, 1.165) is 32.4 Å². The Kier molecular flexibility index (Phi) is 6.59. The summed E-state index contributed by atoms with van der Waals surface area (Å²) in [6.07, 6.45) is 0. The molecule has 3 heterocycles. The average molecular weight is 507 g/mol. The predicted octanol–water partition coefficient (Wildman–Crippen LogP) is 6.85. The SMILES string of the molecule is CCNc1nc(SCc2csc(-c3ccc(Cl)cc3)n2)cc(-c2ccc3c(c2)OCO3)c1C#N. The molecule has 0 spiro atoms. The van der Waals surface area contributed by atoms with Gasteiger partial charge in [-0.1, -0.05) is 41.6 Å². The molecule has 9 heteroatoms. The number of nitrogens with one attached hydrogen (secondary N) is 1. The summed E-state index contributed by atoms with van der Waals surface area (Å²) in [6.45, 7) is 2.85. The fourth-order valence-corrected chi connectivity index (χ4v) is 5.40. The molecule has 0 fully saturated rings. The quantitative estimate of drug-likeness (QED) is 0.274. The van der Waals surface area contributed by atoms with Gasteiger partial charge in [-0.05, 0) is 42.8 Å². The second kappa shape index (κ2) is 9.94. The molecule has 0 amide bonds. The first-order valence-corrected chi connectivity index (χ1v) is 12.8. The van der Waals surface area contributed by atoms with Crippen LogP contribution in [0, 0.1) is 11.3 Å². The molecule has 2 aromatic heterocycles. The normalized spacial score (nSPS) is 11.9. The summed E-state index contributed by atoms with van der Waals surface area (Å²) >= 11 is 9.19. The van der Waals surface area contributed by atoms with Gasteiger partial charge in [0.05, 0.1) is 10.7 Å². The molecule has 34 heavy (non-hydrogen) atoms. The Morgan fingerprint density at radius 1 is 1.09 bits per heavy atom. The first kappa shape index (κ1) is 22.5. The van der Waals surface area contributed by atoms with Crippen molar-refractivity contribution in [2.75, 3.05) is 18.7 Å². The number of benzene rings is 2. The lowest BCUT2D eigenvalue weighted by atomic mass is 10.0. The van der Waals surface area contributed by atoms with Crippen LogP contribution >= 0.6 is 34.7 Å². The van der Waals surface area contributed by atoms with Crippen molar-refractivity contribution in [1.29, 1.82) is 5.26 Å². The molecule has 0 aliphatic carbocycles. The van der Waals surface area contributed by atoms with E-state index in [4.69, 9.17) is 31.0 Å². The highest BCUT2D eigenvalue weighted by Gasteiger charge is 2.19. The Balaban J connectivity index is 1.43. The monoisotopic (exact) mass is 506 g/mol. The second-order valence-electron chi connectivity index (χ2n) is 7.38. The summed E-state index contributed by atoms with van der Waals surface area (Å²) < 4.78 is 11.0. The largest absolute Gasteiger partial charge is 0.454 e. The number of hydrogen-bond donors (Lipinski definition) is 1. The topological polar surface area (TPSA) is 80.1 Å². The van der Waals surface area contributed by atoms with Crippen molar-refractivity contribution in [3.63, 3.8) is 0 Å². The van der Waals surface area contributed by atoms with Gasteiger partial charge >= 0.3 is 0 Å². The van der Waals surface area contributed by atoms with Gasteiger partial charge in [0.2, 0.25) is 6.79 Å². The number of hydrogen-bond acceptors (Lipinski definition) is 8. The van der Waals surface area contributed by atoms with Crippen molar-refractivity contribution >= 4 is 40.5 Å². The number of fused-ring (bicyclic) bond motifs is 1. The van der Waals surface area contributed by atoms with Gasteiger partial charge in [0.1, 0.15) is 22.5 Å².